The Morgan fingerprint density at radius 3 is 2.43 bits per heavy atom. The molecule has 0 saturated carbocycles. The third-order valence-corrected chi connectivity index (χ3v) is 7.00. The van der Waals surface area contributed by atoms with Crippen LogP contribution >= 0.6 is 0 Å². The lowest BCUT2D eigenvalue weighted by Gasteiger charge is -2.47. The van der Waals surface area contributed by atoms with Crippen molar-refractivity contribution >= 4 is 5.82 Å². The summed E-state index contributed by atoms with van der Waals surface area (Å²) in [5.74, 6) is 7.99. The lowest BCUT2D eigenvalue weighted by atomic mass is 9.75. The van der Waals surface area contributed by atoms with E-state index in [-0.39, 0.29) is 0 Å². The smallest absolute Gasteiger partial charge is 0.141 e. The maximum atomic E-state index is 11.2. The van der Waals surface area contributed by atoms with E-state index in [9.17, 15) is 5.11 Å². The highest BCUT2D eigenvalue weighted by atomic mass is 16.3. The molecule has 30 heavy (non-hydrogen) atoms. The molecule has 6 rings (SSSR count). The Kier molecular flexibility index (Phi) is 5.50. The Morgan fingerprint density at radius 1 is 0.967 bits per heavy atom. The van der Waals surface area contributed by atoms with E-state index in [4.69, 9.17) is 4.98 Å². The normalized spacial score (nSPS) is 28.1. The summed E-state index contributed by atoms with van der Waals surface area (Å²) in [6.45, 7) is 5.04. The van der Waals surface area contributed by atoms with Crippen LogP contribution in [0.2, 0.25) is 0 Å². The zero-order valence-electron chi connectivity index (χ0n) is 17.7. The second-order valence-electron chi connectivity index (χ2n) is 9.10. The Hall–Kier alpha value is -2.35. The van der Waals surface area contributed by atoms with Gasteiger partial charge in [0.2, 0.25) is 0 Å². The Labute approximate surface area is 179 Å². The lowest BCUT2D eigenvalue weighted by molar-refractivity contribution is -0.0713. The first-order valence-corrected chi connectivity index (χ1v) is 11.5. The van der Waals surface area contributed by atoms with Crippen LogP contribution in [0.1, 0.15) is 48.9 Å². The molecule has 0 spiro atoms. The highest BCUT2D eigenvalue weighted by molar-refractivity contribution is 5.49. The summed E-state index contributed by atoms with van der Waals surface area (Å²) >= 11 is 0. The van der Waals surface area contributed by atoms with Gasteiger partial charge in [0.25, 0.3) is 0 Å². The molecule has 1 atom stereocenters. The monoisotopic (exact) mass is 401 g/mol. The maximum Gasteiger partial charge on any atom is 0.141 e. The van der Waals surface area contributed by atoms with E-state index in [0.29, 0.717) is 12.5 Å². The van der Waals surface area contributed by atoms with Crippen LogP contribution in [-0.2, 0) is 6.42 Å². The van der Waals surface area contributed by atoms with Crippen molar-refractivity contribution in [2.24, 2.45) is 5.92 Å². The van der Waals surface area contributed by atoms with Crippen molar-refractivity contribution in [2.75, 3.05) is 37.6 Å². The molecule has 1 N–H and O–H groups in total. The van der Waals surface area contributed by atoms with Gasteiger partial charge in [0, 0.05) is 37.5 Å². The van der Waals surface area contributed by atoms with Gasteiger partial charge in [-0.1, -0.05) is 42.2 Å². The fourth-order valence-electron chi connectivity index (χ4n) is 5.18. The van der Waals surface area contributed by atoms with Crippen LogP contribution in [0, 0.1) is 17.8 Å². The number of hydrogen-bond donors (Lipinski definition) is 1. The number of hydrogen-bond acceptors (Lipinski definition) is 4. The number of piperidine rings is 4. The third kappa shape index (κ3) is 4.10. The van der Waals surface area contributed by atoms with Gasteiger partial charge in [-0.25, -0.2) is 4.98 Å². The summed E-state index contributed by atoms with van der Waals surface area (Å²) < 4.78 is 0. The molecule has 156 valence electrons. The van der Waals surface area contributed by atoms with Gasteiger partial charge < -0.3 is 10.0 Å². The molecule has 1 aromatic carbocycles. The lowest BCUT2D eigenvalue weighted by Crippen LogP contribution is -2.58. The summed E-state index contributed by atoms with van der Waals surface area (Å²) in [5.41, 5.74) is 2.32. The van der Waals surface area contributed by atoms with E-state index in [1.165, 1.54) is 24.8 Å². The largest absolute Gasteiger partial charge is 0.376 e. The number of anilines is 1. The number of aliphatic hydroxyl groups is 1. The van der Waals surface area contributed by atoms with Gasteiger partial charge in [-0.2, -0.15) is 0 Å². The summed E-state index contributed by atoms with van der Waals surface area (Å²) in [6.07, 6.45) is 6.65. The van der Waals surface area contributed by atoms with Crippen LogP contribution in [-0.4, -0.2) is 53.3 Å². The highest BCUT2D eigenvalue weighted by Gasteiger charge is 2.44. The van der Waals surface area contributed by atoms with Gasteiger partial charge in [0.15, 0.2) is 0 Å². The molecular weight excluding hydrogens is 370 g/mol. The average Bonchev–Trinajstić information content (AvgIpc) is 2.80. The second kappa shape index (κ2) is 8.41. The van der Waals surface area contributed by atoms with Gasteiger partial charge in [-0.15, -0.1) is 0 Å². The number of fused-ring (bicyclic) bond motifs is 3. The molecule has 2 aromatic rings. The van der Waals surface area contributed by atoms with Gasteiger partial charge >= 0.3 is 0 Å². The van der Waals surface area contributed by atoms with Crippen molar-refractivity contribution in [3.8, 4) is 11.8 Å². The van der Waals surface area contributed by atoms with Gasteiger partial charge in [-0.3, -0.25) is 4.90 Å². The third-order valence-electron chi connectivity index (χ3n) is 7.00. The van der Waals surface area contributed by atoms with Gasteiger partial charge in [-0.05, 0) is 62.9 Å². The average molecular weight is 402 g/mol. The summed E-state index contributed by atoms with van der Waals surface area (Å²) in [6, 6.07) is 14.7. The predicted octanol–water partition coefficient (Wildman–Crippen LogP) is 3.47. The molecule has 0 radical (unpaired) electrons. The van der Waals surface area contributed by atoms with Crippen LogP contribution in [0.15, 0.2) is 42.5 Å². The number of pyridine rings is 1. The highest BCUT2D eigenvalue weighted by Crippen LogP contribution is 2.35. The first-order valence-electron chi connectivity index (χ1n) is 11.5. The molecule has 5 heterocycles. The molecule has 4 nitrogen and oxygen atoms in total. The minimum absolute atomic E-state index is 0.299. The molecule has 1 unspecified atom stereocenters. The zero-order chi connectivity index (χ0) is 20.4. The van der Waals surface area contributed by atoms with E-state index in [1.54, 1.807) is 0 Å². The van der Waals surface area contributed by atoms with Crippen molar-refractivity contribution < 1.29 is 5.11 Å². The van der Waals surface area contributed by atoms with E-state index < -0.39 is 5.60 Å². The van der Waals surface area contributed by atoms with Crippen LogP contribution < -0.4 is 4.90 Å². The van der Waals surface area contributed by atoms with Gasteiger partial charge in [0.05, 0.1) is 5.69 Å². The van der Waals surface area contributed by atoms with Crippen molar-refractivity contribution in [3.05, 3.63) is 59.3 Å². The molecule has 0 aliphatic carbocycles. The van der Waals surface area contributed by atoms with Crippen LogP contribution in [0.5, 0.6) is 0 Å². The van der Waals surface area contributed by atoms with Crippen molar-refractivity contribution in [2.45, 2.75) is 44.1 Å². The van der Waals surface area contributed by atoms with E-state index >= 15 is 0 Å². The molecular formula is C26H31N3O. The predicted molar refractivity (Wildman–Crippen MR) is 121 cm³/mol. The SMILES string of the molecule is OC1(C#Cc2ccc(N3CCCCC3)nc2Cc2ccccc2)CN2CCC1CC2. The molecule has 0 amide bonds. The molecule has 4 aliphatic heterocycles. The number of benzene rings is 1. The van der Waals surface area contributed by atoms with E-state index in [0.717, 1.165) is 62.5 Å². The fraction of sp³-hybridized carbons (Fsp3) is 0.500. The minimum atomic E-state index is -0.883. The first kappa shape index (κ1) is 19.6. The minimum Gasteiger partial charge on any atom is -0.376 e. The molecule has 1 aromatic heterocycles. The Morgan fingerprint density at radius 2 is 1.73 bits per heavy atom. The zero-order valence-corrected chi connectivity index (χ0v) is 17.7. The number of rotatable bonds is 3. The molecule has 4 fully saturated rings. The molecule has 2 bridgehead atoms. The molecule has 4 aliphatic rings. The summed E-state index contributed by atoms with van der Waals surface area (Å²) in [4.78, 5) is 9.80. The Balaban J connectivity index is 1.46. The first-order chi connectivity index (χ1) is 14.7. The quantitative estimate of drug-likeness (QED) is 0.800. The van der Waals surface area contributed by atoms with Crippen molar-refractivity contribution in [1.29, 1.82) is 0 Å². The second-order valence-corrected chi connectivity index (χ2v) is 9.10. The molecule has 4 heteroatoms. The summed E-state index contributed by atoms with van der Waals surface area (Å²) in [7, 11) is 0. The van der Waals surface area contributed by atoms with Crippen LogP contribution in [0.3, 0.4) is 0 Å². The standard InChI is InChI=1S/C26H31N3O/c30-26(20-28-17-12-23(26)13-18-28)14-11-22-9-10-25(29-15-5-2-6-16-29)27-24(22)19-21-7-3-1-4-8-21/h1,3-4,7-10,23,30H,2,5-6,12-13,15-20H2. The van der Waals surface area contributed by atoms with Crippen molar-refractivity contribution in [3.63, 3.8) is 0 Å². The topological polar surface area (TPSA) is 39.6 Å². The molecule has 4 saturated heterocycles. The van der Waals surface area contributed by atoms with E-state index in [2.05, 4.69) is 58.0 Å². The fourth-order valence-corrected chi connectivity index (χ4v) is 5.18. The summed E-state index contributed by atoms with van der Waals surface area (Å²) in [5, 5.41) is 11.2. The Bertz CT molecular complexity index is 934. The number of aromatic nitrogens is 1. The van der Waals surface area contributed by atoms with Crippen LogP contribution in [0.4, 0.5) is 5.82 Å². The van der Waals surface area contributed by atoms with E-state index in [1.807, 2.05) is 6.07 Å². The van der Waals surface area contributed by atoms with Crippen LogP contribution in [0.25, 0.3) is 0 Å². The maximum absolute atomic E-state index is 11.2. The van der Waals surface area contributed by atoms with Gasteiger partial charge in [0.1, 0.15) is 11.4 Å². The number of nitrogens with zero attached hydrogens (tertiary/aromatic N) is 3. The van der Waals surface area contributed by atoms with Crippen molar-refractivity contribution in [1.82, 2.24) is 9.88 Å².